The maximum absolute atomic E-state index is 12.0. The summed E-state index contributed by atoms with van der Waals surface area (Å²) in [6, 6.07) is 15.5. The van der Waals surface area contributed by atoms with Crippen molar-refractivity contribution in [2.45, 2.75) is 13.5 Å². The number of benzene rings is 2. The molecule has 0 amide bonds. The van der Waals surface area contributed by atoms with Crippen LogP contribution < -0.4 is 9.61 Å². The molecule has 0 saturated heterocycles. The van der Waals surface area contributed by atoms with Crippen molar-refractivity contribution >= 4 is 39.9 Å². The van der Waals surface area contributed by atoms with Gasteiger partial charge in [-0.25, -0.2) is 4.79 Å². The van der Waals surface area contributed by atoms with Gasteiger partial charge in [0.1, 0.15) is 12.3 Å². The normalized spacial score (nSPS) is 10.6. The Hall–Kier alpha value is -1.93. The van der Waals surface area contributed by atoms with E-state index in [1.165, 1.54) is 8.14 Å². The third kappa shape index (κ3) is 3.93. The zero-order chi connectivity index (χ0) is 17.1. The molecule has 0 spiro atoms. The average Bonchev–Trinajstić information content (AvgIpc) is 2.88. The van der Waals surface area contributed by atoms with Crippen LogP contribution in [0.2, 0.25) is 0 Å². The van der Waals surface area contributed by atoms with Crippen molar-refractivity contribution in [3.05, 3.63) is 72.8 Å². The van der Waals surface area contributed by atoms with Crippen LogP contribution in [0.5, 0.6) is 5.75 Å². The van der Waals surface area contributed by atoms with Crippen LogP contribution in [0.3, 0.4) is 0 Å². The Kier molecular flexibility index (Phi) is 5.15. The summed E-state index contributed by atoms with van der Waals surface area (Å²) in [6.45, 7) is 1.72. The monoisotopic (exact) mass is 451 g/mol. The molecule has 0 unspecified atom stereocenters. The van der Waals surface area contributed by atoms with Crippen molar-refractivity contribution in [1.29, 1.82) is 0 Å². The van der Waals surface area contributed by atoms with Gasteiger partial charge in [0.15, 0.2) is 0 Å². The molecule has 0 aliphatic carbocycles. The van der Waals surface area contributed by atoms with Crippen molar-refractivity contribution in [1.82, 2.24) is 4.57 Å². The molecule has 0 aliphatic heterocycles. The minimum Gasteiger partial charge on any atom is -0.425 e. The summed E-state index contributed by atoms with van der Waals surface area (Å²) in [5.41, 5.74) is 2.92. The van der Waals surface area contributed by atoms with E-state index >= 15 is 0 Å². The lowest BCUT2D eigenvalue weighted by Crippen LogP contribution is -2.23. The highest BCUT2D eigenvalue weighted by Crippen LogP contribution is 2.23. The molecule has 0 saturated carbocycles. The van der Waals surface area contributed by atoms with E-state index in [2.05, 4.69) is 34.7 Å². The highest BCUT2D eigenvalue weighted by Gasteiger charge is 2.10. The predicted octanol–water partition coefficient (Wildman–Crippen LogP) is 4.10. The van der Waals surface area contributed by atoms with Crippen molar-refractivity contribution < 1.29 is 9.53 Å². The van der Waals surface area contributed by atoms with Crippen LogP contribution in [0.25, 0.3) is 11.1 Å². The molecule has 1 aromatic heterocycles. The zero-order valence-electron chi connectivity index (χ0n) is 12.9. The van der Waals surface area contributed by atoms with Gasteiger partial charge >= 0.3 is 10.8 Å². The molecule has 0 aliphatic rings. The molecular formula is C18H14INO3S. The van der Waals surface area contributed by atoms with E-state index < -0.39 is 5.97 Å². The van der Waals surface area contributed by atoms with Crippen molar-refractivity contribution in [3.8, 4) is 16.9 Å². The van der Waals surface area contributed by atoms with Gasteiger partial charge in [-0.3, -0.25) is 9.36 Å². The van der Waals surface area contributed by atoms with Crippen LogP contribution in [0.4, 0.5) is 0 Å². The second-order valence-electron chi connectivity index (χ2n) is 5.23. The molecular weight excluding hydrogens is 437 g/mol. The number of carbonyl (C=O) groups is 1. The fraction of sp³-hybridized carbons (Fsp3) is 0.111. The van der Waals surface area contributed by atoms with Crippen LogP contribution in [0.15, 0.2) is 58.7 Å². The van der Waals surface area contributed by atoms with Crippen LogP contribution in [0.1, 0.15) is 5.69 Å². The first-order valence-electron chi connectivity index (χ1n) is 7.24. The van der Waals surface area contributed by atoms with Gasteiger partial charge < -0.3 is 4.74 Å². The Morgan fingerprint density at radius 3 is 2.21 bits per heavy atom. The molecule has 2 aromatic carbocycles. The average molecular weight is 451 g/mol. The highest BCUT2D eigenvalue weighted by molar-refractivity contribution is 14.1. The van der Waals surface area contributed by atoms with Crippen molar-refractivity contribution in [2.75, 3.05) is 0 Å². The number of esters is 1. The molecule has 3 aromatic rings. The molecule has 0 radical (unpaired) electrons. The van der Waals surface area contributed by atoms with E-state index in [0.717, 1.165) is 28.2 Å². The molecule has 0 N–H and O–H groups in total. The van der Waals surface area contributed by atoms with Crippen LogP contribution in [-0.4, -0.2) is 10.5 Å². The minimum absolute atomic E-state index is 0.0763. The minimum atomic E-state index is -0.458. The summed E-state index contributed by atoms with van der Waals surface area (Å²) >= 11 is 3.35. The molecule has 0 atom stereocenters. The third-order valence-electron chi connectivity index (χ3n) is 3.53. The standard InChI is InChI=1S/C18H14INO3S/c1-12-11-24-18(22)20(12)10-17(21)23-16-8-4-14(5-9-16)13-2-6-15(19)7-3-13/h2-9,11H,10H2,1H3. The van der Waals surface area contributed by atoms with Crippen LogP contribution in [-0.2, 0) is 11.3 Å². The summed E-state index contributed by atoms with van der Waals surface area (Å²) in [7, 11) is 0. The number of hydrogen-bond acceptors (Lipinski definition) is 4. The largest absolute Gasteiger partial charge is 0.425 e. The molecule has 6 heteroatoms. The number of rotatable bonds is 4. The summed E-state index contributed by atoms with van der Waals surface area (Å²) in [5.74, 6) is 0.0100. The van der Waals surface area contributed by atoms with Gasteiger partial charge in [0.05, 0.1) is 0 Å². The number of thiazole rings is 1. The molecule has 122 valence electrons. The summed E-state index contributed by atoms with van der Waals surface area (Å²) in [4.78, 5) is 23.5. The van der Waals surface area contributed by atoms with E-state index in [-0.39, 0.29) is 11.4 Å². The molecule has 0 bridgehead atoms. The Morgan fingerprint density at radius 1 is 1.08 bits per heavy atom. The number of halogens is 1. The Labute approximate surface area is 156 Å². The number of ether oxygens (including phenoxy) is 1. The number of nitrogens with zero attached hydrogens (tertiary/aromatic N) is 1. The first kappa shape index (κ1) is 16.9. The number of aryl methyl sites for hydroxylation is 1. The first-order chi connectivity index (χ1) is 11.5. The third-order valence-corrected chi connectivity index (χ3v) is 5.13. The second-order valence-corrected chi connectivity index (χ2v) is 7.30. The van der Waals surface area contributed by atoms with Crippen LogP contribution in [0, 0.1) is 10.5 Å². The Morgan fingerprint density at radius 2 is 1.67 bits per heavy atom. The smallest absolute Gasteiger partial charge is 0.331 e. The topological polar surface area (TPSA) is 48.3 Å². The lowest BCUT2D eigenvalue weighted by Gasteiger charge is -2.07. The summed E-state index contributed by atoms with van der Waals surface area (Å²) < 4.78 is 7.90. The molecule has 24 heavy (non-hydrogen) atoms. The van der Waals surface area contributed by atoms with Gasteiger partial charge in [-0.1, -0.05) is 35.6 Å². The number of hydrogen-bond donors (Lipinski definition) is 0. The van der Waals surface area contributed by atoms with E-state index in [1.54, 1.807) is 24.4 Å². The second kappa shape index (κ2) is 7.31. The van der Waals surface area contributed by atoms with E-state index in [1.807, 2.05) is 24.3 Å². The maximum Gasteiger partial charge on any atom is 0.331 e. The quantitative estimate of drug-likeness (QED) is 0.341. The maximum atomic E-state index is 12.0. The van der Waals surface area contributed by atoms with Crippen molar-refractivity contribution in [3.63, 3.8) is 0 Å². The van der Waals surface area contributed by atoms with Crippen LogP contribution >= 0.6 is 33.9 Å². The fourth-order valence-corrected chi connectivity index (χ4v) is 3.34. The fourth-order valence-electron chi connectivity index (χ4n) is 2.25. The van der Waals surface area contributed by atoms with Gasteiger partial charge in [-0.15, -0.1) is 0 Å². The van der Waals surface area contributed by atoms with E-state index in [9.17, 15) is 9.59 Å². The van der Waals surface area contributed by atoms with Gasteiger partial charge in [0.25, 0.3) is 0 Å². The van der Waals surface area contributed by atoms with Gasteiger partial charge in [0.2, 0.25) is 0 Å². The lowest BCUT2D eigenvalue weighted by molar-refractivity contribution is -0.135. The Balaban J connectivity index is 1.69. The number of carbonyl (C=O) groups excluding carboxylic acids is 1. The van der Waals surface area contributed by atoms with Gasteiger partial charge in [0, 0.05) is 14.6 Å². The lowest BCUT2D eigenvalue weighted by atomic mass is 10.1. The van der Waals surface area contributed by atoms with Gasteiger partial charge in [-0.05, 0) is 64.9 Å². The molecule has 3 rings (SSSR count). The highest BCUT2D eigenvalue weighted by atomic mass is 127. The SMILES string of the molecule is Cc1csc(=O)n1CC(=O)Oc1ccc(-c2ccc(I)cc2)cc1. The van der Waals surface area contributed by atoms with E-state index in [0.29, 0.717) is 5.75 Å². The zero-order valence-corrected chi connectivity index (χ0v) is 15.8. The summed E-state index contributed by atoms with van der Waals surface area (Å²) in [6.07, 6.45) is 0. The molecule has 4 nitrogen and oxygen atoms in total. The number of aromatic nitrogens is 1. The molecule has 1 heterocycles. The van der Waals surface area contributed by atoms with E-state index in [4.69, 9.17) is 4.74 Å². The first-order valence-corrected chi connectivity index (χ1v) is 9.20. The van der Waals surface area contributed by atoms with Crippen molar-refractivity contribution in [2.24, 2.45) is 0 Å². The molecule has 0 fully saturated rings. The van der Waals surface area contributed by atoms with Gasteiger partial charge in [-0.2, -0.15) is 0 Å². The summed E-state index contributed by atoms with van der Waals surface area (Å²) in [5, 5.41) is 1.73. The Bertz CT molecular complexity index is 911. The predicted molar refractivity (Wildman–Crippen MR) is 104 cm³/mol.